The number of nitrogens with two attached hydrogens (primary N) is 1. The van der Waals surface area contributed by atoms with E-state index in [1.807, 2.05) is 0 Å². The van der Waals surface area contributed by atoms with Crippen molar-refractivity contribution in [2.45, 2.75) is 0 Å². The molecule has 4 nitrogen and oxygen atoms in total. The van der Waals surface area contributed by atoms with Crippen molar-refractivity contribution in [3.8, 4) is 11.5 Å². The molecule has 0 saturated heterocycles. The Morgan fingerprint density at radius 1 is 1.11 bits per heavy atom. The Hall–Kier alpha value is -2.63. The number of hydrogen-bond donors (Lipinski definition) is 2. The van der Waals surface area contributed by atoms with Crippen LogP contribution < -0.4 is 10.5 Å². The zero-order chi connectivity index (χ0) is 13.8. The van der Waals surface area contributed by atoms with Crippen LogP contribution in [0.4, 0.5) is 8.78 Å². The molecule has 3 N–H and O–H groups in total. The SMILES string of the molecule is NC(=NO)c1c(F)cccc1Oc1ccc(F)cc1. The van der Waals surface area contributed by atoms with Gasteiger partial charge < -0.3 is 15.7 Å². The standard InChI is InChI=1S/C13H10F2N2O2/c14-8-4-6-9(7-5-8)19-11-3-1-2-10(15)12(11)13(16)17-18/h1-7,18H,(H2,16,17). The average Bonchev–Trinajstić information content (AvgIpc) is 2.41. The molecule has 2 rings (SSSR count). The smallest absolute Gasteiger partial charge is 0.176 e. The van der Waals surface area contributed by atoms with Gasteiger partial charge in [-0.3, -0.25) is 0 Å². The monoisotopic (exact) mass is 264 g/mol. The molecule has 0 aromatic heterocycles. The highest BCUT2D eigenvalue weighted by molar-refractivity contribution is 5.99. The van der Waals surface area contributed by atoms with E-state index in [9.17, 15) is 8.78 Å². The molecule has 0 saturated carbocycles. The Balaban J connectivity index is 2.40. The molecule has 0 unspecified atom stereocenters. The predicted octanol–water partition coefficient (Wildman–Crippen LogP) is 2.85. The van der Waals surface area contributed by atoms with E-state index in [-0.39, 0.29) is 11.3 Å². The molecule has 0 aliphatic rings. The molecule has 2 aromatic rings. The van der Waals surface area contributed by atoms with Gasteiger partial charge in [0.1, 0.15) is 23.1 Å². The van der Waals surface area contributed by atoms with Gasteiger partial charge in [-0.2, -0.15) is 0 Å². The largest absolute Gasteiger partial charge is 0.456 e. The van der Waals surface area contributed by atoms with E-state index in [1.54, 1.807) is 0 Å². The number of amidine groups is 1. The third-order valence-electron chi connectivity index (χ3n) is 2.38. The van der Waals surface area contributed by atoms with Crippen LogP contribution in [-0.4, -0.2) is 11.0 Å². The Morgan fingerprint density at radius 3 is 2.42 bits per heavy atom. The molecule has 6 heteroatoms. The van der Waals surface area contributed by atoms with Crippen LogP contribution >= 0.6 is 0 Å². The summed E-state index contributed by atoms with van der Waals surface area (Å²) < 4.78 is 31.8. The molecular weight excluding hydrogens is 254 g/mol. The van der Waals surface area contributed by atoms with Crippen molar-refractivity contribution in [2.24, 2.45) is 10.9 Å². The minimum absolute atomic E-state index is 0.0712. The second-order valence-electron chi connectivity index (χ2n) is 3.65. The summed E-state index contributed by atoms with van der Waals surface area (Å²) in [5, 5.41) is 11.4. The second-order valence-corrected chi connectivity index (χ2v) is 3.65. The highest BCUT2D eigenvalue weighted by Gasteiger charge is 2.14. The molecule has 2 aromatic carbocycles. The first-order valence-electron chi connectivity index (χ1n) is 5.31. The van der Waals surface area contributed by atoms with E-state index < -0.39 is 17.5 Å². The van der Waals surface area contributed by atoms with Crippen LogP contribution in [-0.2, 0) is 0 Å². The summed E-state index contributed by atoms with van der Waals surface area (Å²) in [6.45, 7) is 0. The van der Waals surface area contributed by atoms with Gasteiger partial charge in [-0.1, -0.05) is 11.2 Å². The highest BCUT2D eigenvalue weighted by Crippen LogP contribution is 2.27. The summed E-state index contributed by atoms with van der Waals surface area (Å²) in [6.07, 6.45) is 0. The zero-order valence-electron chi connectivity index (χ0n) is 9.68. The van der Waals surface area contributed by atoms with Crippen LogP contribution in [0.5, 0.6) is 11.5 Å². The minimum atomic E-state index is -0.685. The summed E-state index contributed by atoms with van der Waals surface area (Å²) >= 11 is 0. The van der Waals surface area contributed by atoms with Crippen molar-refractivity contribution in [1.82, 2.24) is 0 Å². The van der Waals surface area contributed by atoms with Gasteiger partial charge in [0, 0.05) is 0 Å². The molecule has 0 heterocycles. The number of oxime groups is 1. The van der Waals surface area contributed by atoms with Gasteiger partial charge >= 0.3 is 0 Å². The third-order valence-corrected chi connectivity index (χ3v) is 2.38. The molecule has 0 bridgehead atoms. The van der Waals surface area contributed by atoms with Crippen LogP contribution in [0.3, 0.4) is 0 Å². The van der Waals surface area contributed by atoms with Crippen LogP contribution in [0.15, 0.2) is 47.6 Å². The van der Waals surface area contributed by atoms with Crippen molar-refractivity contribution in [2.75, 3.05) is 0 Å². The fraction of sp³-hybridized carbons (Fsp3) is 0. The molecule has 0 aliphatic heterocycles. The van der Waals surface area contributed by atoms with Gasteiger partial charge in [-0.05, 0) is 36.4 Å². The number of rotatable bonds is 3. The number of halogens is 2. The van der Waals surface area contributed by atoms with Gasteiger partial charge in [0.05, 0.1) is 5.56 Å². The summed E-state index contributed by atoms with van der Waals surface area (Å²) in [5.41, 5.74) is 5.24. The number of hydrogen-bond acceptors (Lipinski definition) is 3. The summed E-state index contributed by atoms with van der Waals surface area (Å²) in [4.78, 5) is 0. The Bertz CT molecular complexity index is 613. The van der Waals surface area contributed by atoms with Crippen molar-refractivity contribution in [1.29, 1.82) is 0 Å². The Kier molecular flexibility index (Phi) is 3.61. The van der Waals surface area contributed by atoms with Gasteiger partial charge in [0.15, 0.2) is 5.84 Å². The lowest BCUT2D eigenvalue weighted by Gasteiger charge is -2.10. The van der Waals surface area contributed by atoms with Crippen molar-refractivity contribution < 1.29 is 18.7 Å². The average molecular weight is 264 g/mol. The molecular formula is C13H10F2N2O2. The lowest BCUT2D eigenvalue weighted by Crippen LogP contribution is -2.16. The molecule has 0 radical (unpaired) electrons. The summed E-state index contributed by atoms with van der Waals surface area (Å²) in [7, 11) is 0. The lowest BCUT2D eigenvalue weighted by molar-refractivity contribution is 0.318. The van der Waals surface area contributed by atoms with Crippen LogP contribution in [0.1, 0.15) is 5.56 Å². The summed E-state index contributed by atoms with van der Waals surface area (Å²) in [5.74, 6) is -1.13. The quantitative estimate of drug-likeness (QED) is 0.387. The maximum atomic E-state index is 13.6. The summed E-state index contributed by atoms with van der Waals surface area (Å²) in [6, 6.07) is 9.22. The molecule has 19 heavy (non-hydrogen) atoms. The van der Waals surface area contributed by atoms with Crippen molar-refractivity contribution in [3.63, 3.8) is 0 Å². The first-order chi connectivity index (χ1) is 9.11. The van der Waals surface area contributed by atoms with E-state index in [4.69, 9.17) is 15.7 Å². The number of nitrogens with zero attached hydrogens (tertiary/aromatic N) is 1. The van der Waals surface area contributed by atoms with Crippen molar-refractivity contribution in [3.05, 3.63) is 59.7 Å². The molecule has 0 fully saturated rings. The normalized spacial score (nSPS) is 11.4. The second kappa shape index (κ2) is 5.34. The third kappa shape index (κ3) is 2.79. The van der Waals surface area contributed by atoms with Crippen LogP contribution in [0.2, 0.25) is 0 Å². The van der Waals surface area contributed by atoms with E-state index in [0.717, 1.165) is 6.07 Å². The lowest BCUT2D eigenvalue weighted by atomic mass is 10.1. The fourth-order valence-corrected chi connectivity index (χ4v) is 1.52. The maximum absolute atomic E-state index is 13.6. The fourth-order valence-electron chi connectivity index (χ4n) is 1.52. The van der Waals surface area contributed by atoms with E-state index >= 15 is 0 Å². The molecule has 0 amide bonds. The van der Waals surface area contributed by atoms with Gasteiger partial charge in [-0.15, -0.1) is 0 Å². The topological polar surface area (TPSA) is 67.8 Å². The molecule has 0 spiro atoms. The van der Waals surface area contributed by atoms with E-state index in [2.05, 4.69) is 5.16 Å². The molecule has 0 atom stereocenters. The first-order valence-corrected chi connectivity index (χ1v) is 5.31. The minimum Gasteiger partial charge on any atom is -0.456 e. The molecule has 98 valence electrons. The first kappa shape index (κ1) is 12.8. The van der Waals surface area contributed by atoms with E-state index in [1.165, 1.54) is 36.4 Å². The number of benzene rings is 2. The Morgan fingerprint density at radius 2 is 1.79 bits per heavy atom. The zero-order valence-corrected chi connectivity index (χ0v) is 9.68. The van der Waals surface area contributed by atoms with Gasteiger partial charge in [-0.25, -0.2) is 8.78 Å². The Labute approximate surface area is 107 Å². The maximum Gasteiger partial charge on any atom is 0.176 e. The van der Waals surface area contributed by atoms with Gasteiger partial charge in [0.2, 0.25) is 0 Å². The predicted molar refractivity (Wildman–Crippen MR) is 65.4 cm³/mol. The van der Waals surface area contributed by atoms with Crippen molar-refractivity contribution >= 4 is 5.84 Å². The molecule has 0 aliphatic carbocycles. The van der Waals surface area contributed by atoms with Crippen LogP contribution in [0, 0.1) is 11.6 Å². The van der Waals surface area contributed by atoms with E-state index in [0.29, 0.717) is 5.75 Å². The number of ether oxygens (including phenoxy) is 1. The van der Waals surface area contributed by atoms with Gasteiger partial charge in [0.25, 0.3) is 0 Å². The van der Waals surface area contributed by atoms with Crippen LogP contribution in [0.25, 0.3) is 0 Å². The highest BCUT2D eigenvalue weighted by atomic mass is 19.1.